The monoisotopic (exact) mass is 437 g/mol. The Morgan fingerprint density at radius 3 is 2.32 bits per heavy atom. The maximum Gasteiger partial charge on any atom is 0.283 e. The molecule has 0 aliphatic carbocycles. The van der Waals surface area contributed by atoms with Gasteiger partial charge in [-0.15, -0.1) is 5.06 Å². The van der Waals surface area contributed by atoms with Gasteiger partial charge in [-0.05, 0) is 66.7 Å². The Bertz CT molecular complexity index is 954. The van der Waals surface area contributed by atoms with Crippen LogP contribution >= 0.6 is 12.2 Å². The zero-order valence-corrected chi connectivity index (χ0v) is 19.5. The molecule has 1 saturated heterocycles. The van der Waals surface area contributed by atoms with Crippen molar-refractivity contribution >= 4 is 28.8 Å². The van der Waals surface area contributed by atoms with E-state index in [-0.39, 0.29) is 11.0 Å². The SMILES string of the molecule is Cc1ccc(C2=CC3(CCN(OC(=S)Nc4ccc(C(C)(C)C)cc4)CC3)ON2)cc1. The number of hydroxylamine groups is 3. The first kappa shape index (κ1) is 21.8. The van der Waals surface area contributed by atoms with Crippen LogP contribution in [0.3, 0.4) is 0 Å². The van der Waals surface area contributed by atoms with Crippen molar-refractivity contribution < 1.29 is 9.68 Å². The number of hydrogen-bond donors (Lipinski definition) is 2. The van der Waals surface area contributed by atoms with Crippen LogP contribution in [0.1, 0.15) is 50.3 Å². The summed E-state index contributed by atoms with van der Waals surface area (Å²) in [4.78, 5) is 11.9. The molecule has 6 heteroatoms. The minimum Gasteiger partial charge on any atom is -0.375 e. The third kappa shape index (κ3) is 5.26. The highest BCUT2D eigenvalue weighted by Crippen LogP contribution is 2.35. The highest BCUT2D eigenvalue weighted by Gasteiger charge is 2.39. The number of thiocarbonyl (C=S) groups is 1. The van der Waals surface area contributed by atoms with Crippen LogP contribution in [-0.2, 0) is 15.1 Å². The number of anilines is 1. The van der Waals surface area contributed by atoms with Gasteiger partial charge < -0.3 is 10.2 Å². The van der Waals surface area contributed by atoms with Crippen LogP contribution in [-0.4, -0.2) is 28.9 Å². The highest BCUT2D eigenvalue weighted by atomic mass is 32.1. The van der Waals surface area contributed by atoms with Crippen molar-refractivity contribution in [3.63, 3.8) is 0 Å². The van der Waals surface area contributed by atoms with E-state index in [9.17, 15) is 0 Å². The molecule has 0 radical (unpaired) electrons. The van der Waals surface area contributed by atoms with Gasteiger partial charge in [-0.2, -0.15) is 0 Å². The molecular formula is C25H31N3O2S. The standard InChI is InChI=1S/C25H31N3O2S/c1-18-5-7-19(8-6-18)22-17-25(30-27-22)13-15-28(16-14-25)29-23(31)26-21-11-9-20(10-12-21)24(2,3)4/h5-12,17,27H,13-16H2,1-4H3,(H,26,31). The van der Waals surface area contributed by atoms with Gasteiger partial charge in [0.2, 0.25) is 0 Å². The van der Waals surface area contributed by atoms with Crippen molar-refractivity contribution in [2.75, 3.05) is 18.4 Å². The van der Waals surface area contributed by atoms with E-state index in [1.807, 2.05) is 17.2 Å². The maximum atomic E-state index is 5.99. The van der Waals surface area contributed by atoms with Crippen molar-refractivity contribution in [3.8, 4) is 0 Å². The summed E-state index contributed by atoms with van der Waals surface area (Å²) in [5, 5.41) is 5.44. The maximum absolute atomic E-state index is 5.99. The molecule has 0 amide bonds. The normalized spacial score (nSPS) is 18.4. The predicted molar refractivity (Wildman–Crippen MR) is 129 cm³/mol. The van der Waals surface area contributed by atoms with Crippen LogP contribution in [0.15, 0.2) is 54.6 Å². The first-order valence-electron chi connectivity index (χ1n) is 10.8. The third-order valence-corrected chi connectivity index (χ3v) is 6.09. The summed E-state index contributed by atoms with van der Waals surface area (Å²) in [7, 11) is 0. The average Bonchev–Trinajstić information content (AvgIpc) is 3.14. The number of aryl methyl sites for hydroxylation is 1. The molecule has 2 aromatic carbocycles. The van der Waals surface area contributed by atoms with Crippen molar-refractivity contribution in [2.45, 2.75) is 51.6 Å². The van der Waals surface area contributed by atoms with Crippen molar-refractivity contribution in [1.82, 2.24) is 10.5 Å². The lowest BCUT2D eigenvalue weighted by Gasteiger charge is -2.35. The second-order valence-electron chi connectivity index (χ2n) is 9.45. The molecule has 0 saturated carbocycles. The number of benzene rings is 2. The summed E-state index contributed by atoms with van der Waals surface area (Å²) < 4.78 is 0. The molecule has 164 valence electrons. The molecule has 2 aliphatic heterocycles. The van der Waals surface area contributed by atoms with Gasteiger partial charge in [0.1, 0.15) is 5.60 Å². The second kappa shape index (κ2) is 8.61. The minimum absolute atomic E-state index is 0.129. The third-order valence-electron chi connectivity index (χ3n) is 5.91. The Labute approximate surface area is 190 Å². The molecule has 2 aliphatic rings. The number of hydrogen-bond acceptors (Lipinski definition) is 5. The van der Waals surface area contributed by atoms with E-state index in [0.29, 0.717) is 5.17 Å². The fraction of sp³-hybridized carbons (Fsp3) is 0.400. The van der Waals surface area contributed by atoms with Gasteiger partial charge in [-0.1, -0.05) is 62.7 Å². The number of piperidine rings is 1. The number of rotatable bonds is 3. The zero-order chi connectivity index (χ0) is 22.1. The molecule has 0 atom stereocenters. The van der Waals surface area contributed by atoms with Gasteiger partial charge >= 0.3 is 0 Å². The molecular weight excluding hydrogens is 406 g/mol. The van der Waals surface area contributed by atoms with Crippen LogP contribution in [0.25, 0.3) is 5.70 Å². The van der Waals surface area contributed by atoms with Crippen LogP contribution in [0, 0.1) is 6.92 Å². The summed E-state index contributed by atoms with van der Waals surface area (Å²) in [5.41, 5.74) is 8.60. The van der Waals surface area contributed by atoms with Gasteiger partial charge in [-0.3, -0.25) is 10.3 Å². The molecule has 0 aromatic heterocycles. The van der Waals surface area contributed by atoms with Crippen molar-refractivity contribution in [2.24, 2.45) is 0 Å². The Morgan fingerprint density at radius 1 is 1.06 bits per heavy atom. The Hall–Kier alpha value is -2.41. The summed E-state index contributed by atoms with van der Waals surface area (Å²) in [6.45, 7) is 10.2. The Kier molecular flexibility index (Phi) is 6.06. The quantitative estimate of drug-likeness (QED) is 0.633. The number of nitrogens with zero attached hydrogens (tertiary/aromatic N) is 1. The predicted octanol–water partition coefficient (Wildman–Crippen LogP) is 5.33. The Balaban J connectivity index is 1.29. The smallest absolute Gasteiger partial charge is 0.283 e. The fourth-order valence-corrected chi connectivity index (χ4v) is 4.09. The van der Waals surface area contributed by atoms with Gasteiger partial charge in [-0.25, -0.2) is 0 Å². The Morgan fingerprint density at radius 2 is 1.71 bits per heavy atom. The second-order valence-corrected chi connectivity index (χ2v) is 9.82. The molecule has 5 nitrogen and oxygen atoms in total. The topological polar surface area (TPSA) is 45.8 Å². The van der Waals surface area contributed by atoms with E-state index in [4.69, 9.17) is 21.9 Å². The van der Waals surface area contributed by atoms with Gasteiger partial charge in [0.05, 0.1) is 5.70 Å². The van der Waals surface area contributed by atoms with Crippen molar-refractivity contribution in [1.29, 1.82) is 0 Å². The summed E-state index contributed by atoms with van der Waals surface area (Å²) in [6, 6.07) is 16.8. The first-order chi connectivity index (χ1) is 14.7. The summed E-state index contributed by atoms with van der Waals surface area (Å²) >= 11 is 5.41. The van der Waals surface area contributed by atoms with E-state index in [0.717, 1.165) is 42.9 Å². The van der Waals surface area contributed by atoms with E-state index in [2.05, 4.69) is 81.0 Å². The molecule has 2 heterocycles. The van der Waals surface area contributed by atoms with Crippen LogP contribution in [0.2, 0.25) is 0 Å². The lowest BCUT2D eigenvalue weighted by molar-refractivity contribution is -0.142. The van der Waals surface area contributed by atoms with E-state index in [1.165, 1.54) is 11.1 Å². The fourth-order valence-electron chi connectivity index (χ4n) is 3.87. The average molecular weight is 438 g/mol. The molecule has 4 rings (SSSR count). The van der Waals surface area contributed by atoms with E-state index in [1.54, 1.807) is 0 Å². The highest BCUT2D eigenvalue weighted by molar-refractivity contribution is 7.80. The van der Waals surface area contributed by atoms with Crippen LogP contribution in [0.5, 0.6) is 0 Å². The van der Waals surface area contributed by atoms with Crippen LogP contribution < -0.4 is 10.8 Å². The summed E-state index contributed by atoms with van der Waals surface area (Å²) in [6.07, 6.45) is 3.87. The molecule has 1 fully saturated rings. The first-order valence-corrected chi connectivity index (χ1v) is 11.2. The minimum atomic E-state index is -0.294. The molecule has 2 N–H and O–H groups in total. The van der Waals surface area contributed by atoms with Crippen LogP contribution in [0.4, 0.5) is 5.69 Å². The van der Waals surface area contributed by atoms with E-state index >= 15 is 0 Å². The zero-order valence-electron chi connectivity index (χ0n) is 18.7. The lowest BCUT2D eigenvalue weighted by atomic mass is 9.87. The van der Waals surface area contributed by atoms with Gasteiger partial charge in [0.15, 0.2) is 0 Å². The van der Waals surface area contributed by atoms with Gasteiger partial charge in [0, 0.05) is 18.8 Å². The molecule has 1 spiro atoms. The van der Waals surface area contributed by atoms with Crippen molar-refractivity contribution in [3.05, 3.63) is 71.3 Å². The van der Waals surface area contributed by atoms with Gasteiger partial charge in [0.25, 0.3) is 5.17 Å². The summed E-state index contributed by atoms with van der Waals surface area (Å²) in [5.74, 6) is 0. The molecule has 0 unspecified atom stereocenters. The molecule has 31 heavy (non-hydrogen) atoms. The largest absolute Gasteiger partial charge is 0.375 e. The number of nitrogens with one attached hydrogen (secondary N) is 2. The molecule has 0 bridgehead atoms. The molecule has 2 aromatic rings. The lowest BCUT2D eigenvalue weighted by Crippen LogP contribution is -2.45. The van der Waals surface area contributed by atoms with E-state index < -0.39 is 0 Å².